The molecule has 0 spiro atoms. The monoisotopic (exact) mass is 837 g/mol. The molecule has 15 nitrogen and oxygen atoms in total. The van der Waals surface area contributed by atoms with E-state index in [1.807, 2.05) is 6.92 Å². The molecule has 11 unspecified atom stereocenters. The zero-order valence-electron chi connectivity index (χ0n) is 35.5. The molecule has 2 rings (SSSR count). The molecular weight excluding hydrogens is 756 g/mol. The van der Waals surface area contributed by atoms with Crippen molar-refractivity contribution in [2.45, 2.75) is 235 Å². The highest BCUT2D eigenvalue weighted by atomic mass is 16.7. The molecule has 2 heterocycles. The number of ether oxygens (including phenoxy) is 6. The Morgan fingerprint density at radius 3 is 1.38 bits per heavy atom. The van der Waals surface area contributed by atoms with Gasteiger partial charge in [0, 0.05) is 12.8 Å². The van der Waals surface area contributed by atoms with E-state index in [1.165, 1.54) is 109 Å². The molecule has 7 N–H and O–H groups in total. The van der Waals surface area contributed by atoms with Crippen LogP contribution in [0.1, 0.15) is 168 Å². The second-order valence-corrected chi connectivity index (χ2v) is 16.2. The lowest BCUT2D eigenvalue weighted by Crippen LogP contribution is -2.61. The van der Waals surface area contributed by atoms with Gasteiger partial charge in [-0.1, -0.05) is 142 Å². The molecule has 0 amide bonds. The number of aliphatic hydroxyl groups excluding tert-OH is 7. The summed E-state index contributed by atoms with van der Waals surface area (Å²) < 4.78 is 32.9. The van der Waals surface area contributed by atoms with Gasteiger partial charge in [-0.3, -0.25) is 9.59 Å². The predicted octanol–water partition coefficient (Wildman–Crippen LogP) is 4.48. The van der Waals surface area contributed by atoms with Crippen LogP contribution in [-0.2, 0) is 38.0 Å². The summed E-state index contributed by atoms with van der Waals surface area (Å²) in [6, 6.07) is 0. The minimum Gasteiger partial charge on any atom is -0.462 e. The maximum Gasteiger partial charge on any atom is 0.306 e. The number of carbonyl (C=O) groups excluding carboxylic acids is 2. The molecule has 0 aliphatic carbocycles. The van der Waals surface area contributed by atoms with Gasteiger partial charge in [-0.05, 0) is 12.8 Å². The Morgan fingerprint density at radius 1 is 0.483 bits per heavy atom. The molecule has 0 saturated carbocycles. The van der Waals surface area contributed by atoms with Crippen molar-refractivity contribution in [3.63, 3.8) is 0 Å². The number of rotatable bonds is 34. The third-order valence-corrected chi connectivity index (χ3v) is 11.1. The Labute approximate surface area is 347 Å². The summed E-state index contributed by atoms with van der Waals surface area (Å²) in [5.74, 6) is -0.977. The zero-order valence-corrected chi connectivity index (χ0v) is 35.5. The molecule has 2 aliphatic rings. The third-order valence-electron chi connectivity index (χ3n) is 11.1. The first-order chi connectivity index (χ1) is 28.0. The zero-order chi connectivity index (χ0) is 42.5. The summed E-state index contributed by atoms with van der Waals surface area (Å²) in [6.07, 6.45) is 10.7. The van der Waals surface area contributed by atoms with Crippen molar-refractivity contribution in [1.82, 2.24) is 0 Å². The quantitative estimate of drug-likeness (QED) is 0.0350. The molecule has 15 heteroatoms. The van der Waals surface area contributed by atoms with Crippen LogP contribution in [0.15, 0.2) is 0 Å². The van der Waals surface area contributed by atoms with Gasteiger partial charge in [-0.2, -0.15) is 0 Å². The highest BCUT2D eigenvalue weighted by molar-refractivity contribution is 5.70. The molecule has 0 radical (unpaired) electrons. The molecule has 11 atom stereocenters. The van der Waals surface area contributed by atoms with E-state index in [1.54, 1.807) is 0 Å². The molecule has 2 aliphatic heterocycles. The first kappa shape index (κ1) is 52.6. The Balaban J connectivity index is 1.65. The van der Waals surface area contributed by atoms with Gasteiger partial charge in [0.2, 0.25) is 0 Å². The SMILES string of the molecule is CCCCCCCCCCCCCCCCCCCCCCCC(=O)OC(COC(=O)CCC)COC1OC(COC2OC(CO)C(O)C(O)C2O)C(O)C(O)C1O. The normalized spacial score (nSPS) is 28.0. The van der Waals surface area contributed by atoms with Crippen molar-refractivity contribution < 1.29 is 73.8 Å². The lowest BCUT2D eigenvalue weighted by Gasteiger charge is -2.42. The molecule has 0 aromatic heterocycles. The summed E-state index contributed by atoms with van der Waals surface area (Å²) >= 11 is 0. The van der Waals surface area contributed by atoms with Crippen molar-refractivity contribution >= 4 is 11.9 Å². The van der Waals surface area contributed by atoms with Gasteiger partial charge in [0.15, 0.2) is 18.7 Å². The molecule has 342 valence electrons. The van der Waals surface area contributed by atoms with Crippen LogP contribution >= 0.6 is 0 Å². The van der Waals surface area contributed by atoms with E-state index in [4.69, 9.17) is 28.4 Å². The van der Waals surface area contributed by atoms with E-state index in [2.05, 4.69) is 6.92 Å². The molecule has 0 aromatic carbocycles. The van der Waals surface area contributed by atoms with Crippen LogP contribution in [0.2, 0.25) is 0 Å². The van der Waals surface area contributed by atoms with E-state index in [0.29, 0.717) is 12.8 Å². The van der Waals surface area contributed by atoms with Gasteiger partial charge in [0.1, 0.15) is 55.4 Å². The van der Waals surface area contributed by atoms with Crippen LogP contribution in [-0.4, -0.2) is 142 Å². The van der Waals surface area contributed by atoms with Gasteiger partial charge in [-0.15, -0.1) is 0 Å². The van der Waals surface area contributed by atoms with Crippen LogP contribution in [0.25, 0.3) is 0 Å². The standard InChI is InChI=1S/C43H80O15/c1-3-5-6-7-8-9-10-11-12-13-14-15-16-17-18-19-20-21-22-23-24-26-35(46)56-31(28-53-34(45)25-4-2)29-54-42-41(52)39(50)37(48)33(58-42)30-55-43-40(51)38(49)36(47)32(27-44)57-43/h31-33,36-44,47-52H,3-30H2,1-2H3. The largest absolute Gasteiger partial charge is 0.462 e. The minimum atomic E-state index is -1.76. The molecule has 0 aromatic rings. The van der Waals surface area contributed by atoms with E-state index in [-0.39, 0.29) is 26.1 Å². The summed E-state index contributed by atoms with van der Waals surface area (Å²) in [7, 11) is 0. The third kappa shape index (κ3) is 21.3. The summed E-state index contributed by atoms with van der Waals surface area (Å²) in [6.45, 7) is 2.20. The fraction of sp³-hybridized carbons (Fsp3) is 0.953. The molecular formula is C43H80O15. The topological polar surface area (TPSA) is 231 Å². The van der Waals surface area contributed by atoms with Crippen LogP contribution in [0, 0.1) is 0 Å². The molecule has 58 heavy (non-hydrogen) atoms. The van der Waals surface area contributed by atoms with Gasteiger partial charge >= 0.3 is 11.9 Å². The maximum atomic E-state index is 12.8. The fourth-order valence-electron chi connectivity index (χ4n) is 7.31. The van der Waals surface area contributed by atoms with Crippen molar-refractivity contribution in [3.8, 4) is 0 Å². The molecule has 2 fully saturated rings. The Morgan fingerprint density at radius 2 is 0.914 bits per heavy atom. The summed E-state index contributed by atoms with van der Waals surface area (Å²) in [5, 5.41) is 71.3. The van der Waals surface area contributed by atoms with E-state index >= 15 is 0 Å². The second-order valence-electron chi connectivity index (χ2n) is 16.2. The highest BCUT2D eigenvalue weighted by Crippen LogP contribution is 2.26. The highest BCUT2D eigenvalue weighted by Gasteiger charge is 2.47. The van der Waals surface area contributed by atoms with Gasteiger partial charge in [0.05, 0.1) is 19.8 Å². The predicted molar refractivity (Wildman–Crippen MR) is 215 cm³/mol. The first-order valence-electron chi connectivity index (χ1n) is 22.6. The van der Waals surface area contributed by atoms with Crippen molar-refractivity contribution in [1.29, 1.82) is 0 Å². The fourth-order valence-corrected chi connectivity index (χ4v) is 7.31. The number of hydrogen-bond acceptors (Lipinski definition) is 15. The Hall–Kier alpha value is -1.50. The van der Waals surface area contributed by atoms with Crippen LogP contribution in [0.4, 0.5) is 0 Å². The van der Waals surface area contributed by atoms with Crippen molar-refractivity contribution in [2.24, 2.45) is 0 Å². The molecule has 2 saturated heterocycles. The average Bonchev–Trinajstić information content (AvgIpc) is 3.21. The lowest BCUT2D eigenvalue weighted by molar-refractivity contribution is -0.332. The number of aliphatic hydroxyl groups is 7. The van der Waals surface area contributed by atoms with Crippen LogP contribution in [0.5, 0.6) is 0 Å². The van der Waals surface area contributed by atoms with Gasteiger partial charge in [0.25, 0.3) is 0 Å². The molecule has 0 bridgehead atoms. The van der Waals surface area contributed by atoms with Crippen molar-refractivity contribution in [2.75, 3.05) is 26.4 Å². The Kier molecular flexibility index (Phi) is 29.3. The van der Waals surface area contributed by atoms with E-state index in [0.717, 1.165) is 19.3 Å². The summed E-state index contributed by atoms with van der Waals surface area (Å²) in [5.41, 5.74) is 0. The number of hydrogen-bond donors (Lipinski definition) is 7. The minimum absolute atomic E-state index is 0.170. The van der Waals surface area contributed by atoms with E-state index < -0.39 is 92.7 Å². The maximum absolute atomic E-state index is 12.8. The summed E-state index contributed by atoms with van der Waals surface area (Å²) in [4.78, 5) is 24.8. The average molecular weight is 837 g/mol. The van der Waals surface area contributed by atoms with Crippen LogP contribution in [0.3, 0.4) is 0 Å². The lowest BCUT2D eigenvalue weighted by atomic mass is 9.98. The first-order valence-corrected chi connectivity index (χ1v) is 22.6. The second kappa shape index (κ2) is 32.2. The number of carbonyl (C=O) groups is 2. The van der Waals surface area contributed by atoms with Gasteiger partial charge < -0.3 is 64.2 Å². The van der Waals surface area contributed by atoms with Gasteiger partial charge in [-0.25, -0.2) is 0 Å². The van der Waals surface area contributed by atoms with Crippen molar-refractivity contribution in [3.05, 3.63) is 0 Å². The number of esters is 2. The van der Waals surface area contributed by atoms with Crippen LogP contribution < -0.4 is 0 Å². The Bertz CT molecular complexity index is 1030. The van der Waals surface area contributed by atoms with E-state index in [9.17, 15) is 45.3 Å². The smallest absolute Gasteiger partial charge is 0.306 e. The number of unbranched alkanes of at least 4 members (excludes halogenated alkanes) is 20.